The topological polar surface area (TPSA) is 40.5 Å². The Labute approximate surface area is 101 Å². The Morgan fingerprint density at radius 2 is 1.31 bits per heavy atom. The third-order valence-corrected chi connectivity index (χ3v) is 3.06. The van der Waals surface area contributed by atoms with Gasteiger partial charge in [0.2, 0.25) is 0 Å². The van der Waals surface area contributed by atoms with Crippen LogP contribution in [0.2, 0.25) is 0 Å². The van der Waals surface area contributed by atoms with E-state index in [9.17, 15) is 10.2 Å². The first kappa shape index (κ1) is 15.9. The summed E-state index contributed by atoms with van der Waals surface area (Å²) in [5, 5.41) is 18.8. The van der Waals surface area contributed by atoms with Crippen LogP contribution >= 0.6 is 0 Å². The van der Waals surface area contributed by atoms with Gasteiger partial charge in [-0.05, 0) is 19.3 Å². The maximum Gasteiger partial charge on any atom is 0.0564 e. The Morgan fingerprint density at radius 1 is 0.812 bits per heavy atom. The Hall–Kier alpha value is -0.0800. The molecule has 1 aliphatic rings. The molecule has 98 valence electrons. The Kier molecular flexibility index (Phi) is 11.3. The van der Waals surface area contributed by atoms with E-state index in [1.54, 1.807) is 0 Å². The van der Waals surface area contributed by atoms with Gasteiger partial charge in [-0.2, -0.15) is 0 Å². The minimum atomic E-state index is -0.304. The number of hydrogen-bond acceptors (Lipinski definition) is 2. The quantitative estimate of drug-likeness (QED) is 0.701. The average Bonchev–Trinajstić information content (AvgIpc) is 2.12. The first-order chi connectivity index (χ1) is 7.70. The van der Waals surface area contributed by atoms with Gasteiger partial charge in [0.15, 0.2) is 0 Å². The molecule has 2 heteroatoms. The molecule has 0 spiro atoms. The van der Waals surface area contributed by atoms with Gasteiger partial charge in [-0.15, -0.1) is 0 Å². The third-order valence-electron chi connectivity index (χ3n) is 3.06. The Bertz CT molecular complexity index is 129. The molecule has 2 N–H and O–H groups in total. The molecule has 0 aromatic rings. The van der Waals surface area contributed by atoms with E-state index >= 15 is 0 Å². The molecule has 1 saturated carbocycles. The summed E-state index contributed by atoms with van der Waals surface area (Å²) in [6, 6.07) is 0. The highest BCUT2D eigenvalue weighted by atomic mass is 16.3. The molecule has 1 aliphatic carbocycles. The lowest BCUT2D eigenvalue weighted by molar-refractivity contribution is 0.0695. The van der Waals surface area contributed by atoms with Gasteiger partial charge in [0, 0.05) is 0 Å². The van der Waals surface area contributed by atoms with E-state index in [0.29, 0.717) is 6.42 Å². The summed E-state index contributed by atoms with van der Waals surface area (Å²) in [5.41, 5.74) is 0. The number of hydrogen-bond donors (Lipinski definition) is 2. The predicted octanol–water partition coefficient (Wildman–Crippen LogP) is 3.65. The van der Waals surface area contributed by atoms with Gasteiger partial charge in [-0.1, -0.05) is 58.8 Å². The van der Waals surface area contributed by atoms with Crippen molar-refractivity contribution in [3.63, 3.8) is 0 Å². The van der Waals surface area contributed by atoms with Crippen LogP contribution in [-0.4, -0.2) is 22.4 Å². The Balaban J connectivity index is 0.000000462. The molecule has 2 nitrogen and oxygen atoms in total. The standard InChI is InChI=1S/C10H22O2.C4H8/c1-3-5-7-10(12)8-9(11)6-4-2;1-2-4-3-1/h9-12H,3-8H2,1-2H3;1-4H2. The molecule has 0 radical (unpaired) electrons. The van der Waals surface area contributed by atoms with Crippen molar-refractivity contribution in [1.29, 1.82) is 0 Å². The van der Waals surface area contributed by atoms with Crippen molar-refractivity contribution in [2.75, 3.05) is 0 Å². The molecule has 0 saturated heterocycles. The summed E-state index contributed by atoms with van der Waals surface area (Å²) < 4.78 is 0. The first-order valence-corrected chi connectivity index (χ1v) is 7.06. The van der Waals surface area contributed by atoms with Crippen LogP contribution in [0.1, 0.15) is 78.1 Å². The van der Waals surface area contributed by atoms with Crippen molar-refractivity contribution in [3.8, 4) is 0 Å². The van der Waals surface area contributed by atoms with Crippen LogP contribution in [-0.2, 0) is 0 Å². The summed E-state index contributed by atoms with van der Waals surface area (Å²) in [6.07, 6.45) is 10.7. The zero-order chi connectivity index (χ0) is 12.2. The molecule has 0 aliphatic heterocycles. The van der Waals surface area contributed by atoms with E-state index < -0.39 is 0 Å². The van der Waals surface area contributed by atoms with Gasteiger partial charge in [0.1, 0.15) is 0 Å². The second-order valence-corrected chi connectivity index (χ2v) is 4.89. The highest BCUT2D eigenvalue weighted by molar-refractivity contribution is 4.62. The van der Waals surface area contributed by atoms with Crippen molar-refractivity contribution in [3.05, 3.63) is 0 Å². The fraction of sp³-hybridized carbons (Fsp3) is 1.00. The van der Waals surface area contributed by atoms with Gasteiger partial charge in [-0.3, -0.25) is 0 Å². The van der Waals surface area contributed by atoms with Crippen LogP contribution < -0.4 is 0 Å². The zero-order valence-corrected chi connectivity index (χ0v) is 11.1. The summed E-state index contributed by atoms with van der Waals surface area (Å²) in [7, 11) is 0. The molecule has 0 aromatic heterocycles. The molecule has 16 heavy (non-hydrogen) atoms. The van der Waals surface area contributed by atoms with E-state index in [1.165, 1.54) is 25.7 Å². The molecular weight excluding hydrogens is 200 g/mol. The van der Waals surface area contributed by atoms with Crippen molar-refractivity contribution in [2.45, 2.75) is 90.3 Å². The molecule has 1 rings (SSSR count). The van der Waals surface area contributed by atoms with Gasteiger partial charge < -0.3 is 10.2 Å². The lowest BCUT2D eigenvalue weighted by Gasteiger charge is -2.14. The second-order valence-electron chi connectivity index (χ2n) is 4.89. The highest BCUT2D eigenvalue weighted by Gasteiger charge is 2.09. The lowest BCUT2D eigenvalue weighted by Crippen LogP contribution is -2.17. The van der Waals surface area contributed by atoms with Crippen molar-refractivity contribution >= 4 is 0 Å². The first-order valence-electron chi connectivity index (χ1n) is 7.06. The number of aliphatic hydroxyl groups is 2. The normalized spacial score (nSPS) is 18.0. The molecule has 1 fully saturated rings. The second kappa shape index (κ2) is 11.4. The molecular formula is C14H30O2. The molecule has 0 bridgehead atoms. The van der Waals surface area contributed by atoms with Crippen LogP contribution in [0, 0.1) is 0 Å². The molecule has 2 atom stereocenters. The maximum atomic E-state index is 9.42. The van der Waals surface area contributed by atoms with Crippen LogP contribution in [0.5, 0.6) is 0 Å². The summed E-state index contributed by atoms with van der Waals surface area (Å²) in [5.74, 6) is 0. The van der Waals surface area contributed by atoms with Gasteiger partial charge in [0.25, 0.3) is 0 Å². The van der Waals surface area contributed by atoms with Crippen molar-refractivity contribution < 1.29 is 10.2 Å². The van der Waals surface area contributed by atoms with Crippen molar-refractivity contribution in [2.24, 2.45) is 0 Å². The largest absolute Gasteiger partial charge is 0.393 e. The zero-order valence-electron chi connectivity index (χ0n) is 11.1. The molecule has 0 amide bonds. The Morgan fingerprint density at radius 3 is 1.69 bits per heavy atom. The fourth-order valence-corrected chi connectivity index (χ4v) is 1.57. The van der Waals surface area contributed by atoms with Gasteiger partial charge in [0.05, 0.1) is 12.2 Å². The smallest absolute Gasteiger partial charge is 0.0564 e. The minimum Gasteiger partial charge on any atom is -0.393 e. The highest BCUT2D eigenvalue weighted by Crippen LogP contribution is 2.15. The van der Waals surface area contributed by atoms with Gasteiger partial charge >= 0.3 is 0 Å². The van der Waals surface area contributed by atoms with Crippen LogP contribution in [0.15, 0.2) is 0 Å². The molecule has 0 heterocycles. The van der Waals surface area contributed by atoms with E-state index in [2.05, 4.69) is 6.92 Å². The third kappa shape index (κ3) is 10.4. The summed E-state index contributed by atoms with van der Waals surface area (Å²) in [4.78, 5) is 0. The monoisotopic (exact) mass is 230 g/mol. The number of aliphatic hydroxyl groups excluding tert-OH is 2. The van der Waals surface area contributed by atoms with Crippen LogP contribution in [0.4, 0.5) is 0 Å². The van der Waals surface area contributed by atoms with E-state index in [1.807, 2.05) is 6.92 Å². The van der Waals surface area contributed by atoms with E-state index in [0.717, 1.165) is 32.1 Å². The molecule has 0 aromatic carbocycles. The number of unbranched alkanes of at least 4 members (excludes halogenated alkanes) is 1. The van der Waals surface area contributed by atoms with E-state index in [4.69, 9.17) is 0 Å². The average molecular weight is 230 g/mol. The lowest BCUT2D eigenvalue weighted by atomic mass is 10.0. The predicted molar refractivity (Wildman–Crippen MR) is 69.5 cm³/mol. The number of rotatable bonds is 7. The SMILES string of the molecule is C1CCC1.CCCCC(O)CC(O)CCC. The fourth-order valence-electron chi connectivity index (χ4n) is 1.57. The minimum absolute atomic E-state index is 0.300. The van der Waals surface area contributed by atoms with Crippen molar-refractivity contribution in [1.82, 2.24) is 0 Å². The van der Waals surface area contributed by atoms with E-state index in [-0.39, 0.29) is 12.2 Å². The van der Waals surface area contributed by atoms with Crippen LogP contribution in [0.3, 0.4) is 0 Å². The maximum absolute atomic E-state index is 9.42. The summed E-state index contributed by atoms with van der Waals surface area (Å²) >= 11 is 0. The van der Waals surface area contributed by atoms with Gasteiger partial charge in [-0.25, -0.2) is 0 Å². The van der Waals surface area contributed by atoms with Crippen LogP contribution in [0.25, 0.3) is 0 Å². The molecule has 2 unspecified atom stereocenters. The summed E-state index contributed by atoms with van der Waals surface area (Å²) in [6.45, 7) is 4.15.